The van der Waals surface area contributed by atoms with Gasteiger partial charge in [-0.25, -0.2) is 8.78 Å². The maximum atomic E-state index is 13.3. The Morgan fingerprint density at radius 3 is 2.45 bits per heavy atom. The number of nitrogens with zero attached hydrogens (tertiary/aromatic N) is 1. The van der Waals surface area contributed by atoms with Crippen LogP contribution in [-0.2, 0) is 6.54 Å². The van der Waals surface area contributed by atoms with Gasteiger partial charge in [0.05, 0.1) is 0 Å². The summed E-state index contributed by atoms with van der Waals surface area (Å²) in [7, 11) is 0. The number of rotatable bonds is 4. The Morgan fingerprint density at radius 2 is 1.90 bits per heavy atom. The van der Waals surface area contributed by atoms with Crippen molar-refractivity contribution in [2.45, 2.75) is 51.7 Å². The summed E-state index contributed by atoms with van der Waals surface area (Å²) in [6, 6.07) is 4.21. The largest absolute Gasteiger partial charge is 0.309 e. The fraction of sp³-hybridized carbons (Fsp3) is 0.625. The molecule has 2 nitrogen and oxygen atoms in total. The van der Waals surface area contributed by atoms with E-state index in [0.717, 1.165) is 32.0 Å². The zero-order chi connectivity index (χ0) is 14.8. The summed E-state index contributed by atoms with van der Waals surface area (Å²) in [5.41, 5.74) is 0.790. The van der Waals surface area contributed by atoms with Gasteiger partial charge in [-0.05, 0) is 37.5 Å². The molecule has 0 radical (unpaired) electrons. The Kier molecular flexibility index (Phi) is 4.76. The normalized spacial score (nSPS) is 27.8. The van der Waals surface area contributed by atoms with E-state index >= 15 is 0 Å². The van der Waals surface area contributed by atoms with E-state index in [1.807, 2.05) is 0 Å². The number of hydrogen-bond acceptors (Lipinski definition) is 2. The molecule has 2 unspecified atom stereocenters. The monoisotopic (exact) mass is 282 g/mol. The third-order valence-electron chi connectivity index (χ3n) is 4.39. The van der Waals surface area contributed by atoms with Gasteiger partial charge in [0.15, 0.2) is 0 Å². The van der Waals surface area contributed by atoms with E-state index in [1.54, 1.807) is 0 Å². The Morgan fingerprint density at radius 1 is 1.25 bits per heavy atom. The fourth-order valence-electron chi connectivity index (χ4n) is 2.89. The van der Waals surface area contributed by atoms with Crippen molar-refractivity contribution in [1.29, 1.82) is 0 Å². The Hall–Kier alpha value is -1.00. The highest BCUT2D eigenvalue weighted by atomic mass is 19.1. The van der Waals surface area contributed by atoms with Crippen LogP contribution in [0, 0.1) is 11.6 Å². The minimum Gasteiger partial charge on any atom is -0.309 e. The first-order chi connectivity index (χ1) is 9.45. The maximum absolute atomic E-state index is 13.3. The Balaban J connectivity index is 2.15. The SMILES string of the molecule is CCC1CNC(C)(CC)CN1Cc1cc(F)cc(F)c1. The molecule has 1 heterocycles. The minimum atomic E-state index is -0.499. The van der Waals surface area contributed by atoms with Crippen molar-refractivity contribution in [1.82, 2.24) is 10.2 Å². The van der Waals surface area contributed by atoms with Crippen LogP contribution in [0.4, 0.5) is 8.78 Å². The van der Waals surface area contributed by atoms with Gasteiger partial charge in [0.2, 0.25) is 0 Å². The summed E-state index contributed by atoms with van der Waals surface area (Å²) in [6.07, 6.45) is 2.07. The highest BCUT2D eigenvalue weighted by Crippen LogP contribution is 2.23. The van der Waals surface area contributed by atoms with Gasteiger partial charge in [0, 0.05) is 37.3 Å². The molecular weight excluding hydrogens is 258 g/mol. The molecule has 0 saturated carbocycles. The zero-order valence-electron chi connectivity index (χ0n) is 12.5. The molecule has 1 aromatic rings. The van der Waals surface area contributed by atoms with Gasteiger partial charge in [-0.1, -0.05) is 13.8 Å². The van der Waals surface area contributed by atoms with Crippen molar-refractivity contribution >= 4 is 0 Å². The van der Waals surface area contributed by atoms with E-state index in [-0.39, 0.29) is 5.54 Å². The van der Waals surface area contributed by atoms with Gasteiger partial charge in [0.25, 0.3) is 0 Å². The molecule has 1 N–H and O–H groups in total. The van der Waals surface area contributed by atoms with Crippen LogP contribution in [0.5, 0.6) is 0 Å². The van der Waals surface area contributed by atoms with Crippen LogP contribution in [0.15, 0.2) is 18.2 Å². The quantitative estimate of drug-likeness (QED) is 0.911. The van der Waals surface area contributed by atoms with Crippen LogP contribution in [0.2, 0.25) is 0 Å². The molecule has 4 heteroatoms. The van der Waals surface area contributed by atoms with E-state index in [9.17, 15) is 8.78 Å². The number of halogens is 2. The Labute approximate surface area is 120 Å². The van der Waals surface area contributed by atoms with Crippen molar-refractivity contribution in [3.8, 4) is 0 Å². The van der Waals surface area contributed by atoms with Crippen LogP contribution in [-0.4, -0.2) is 29.6 Å². The van der Waals surface area contributed by atoms with Crippen molar-refractivity contribution in [2.24, 2.45) is 0 Å². The van der Waals surface area contributed by atoms with E-state index in [2.05, 4.69) is 31.0 Å². The number of nitrogens with one attached hydrogen (secondary N) is 1. The van der Waals surface area contributed by atoms with Crippen LogP contribution >= 0.6 is 0 Å². The number of piperazine rings is 1. The zero-order valence-corrected chi connectivity index (χ0v) is 12.5. The molecule has 0 bridgehead atoms. The highest BCUT2D eigenvalue weighted by Gasteiger charge is 2.33. The molecule has 112 valence electrons. The molecule has 1 fully saturated rings. The topological polar surface area (TPSA) is 15.3 Å². The van der Waals surface area contributed by atoms with Crippen molar-refractivity contribution in [3.05, 3.63) is 35.4 Å². The van der Waals surface area contributed by atoms with E-state index in [4.69, 9.17) is 0 Å². The van der Waals surface area contributed by atoms with Crippen LogP contribution in [0.1, 0.15) is 39.2 Å². The van der Waals surface area contributed by atoms with Crippen LogP contribution < -0.4 is 5.32 Å². The van der Waals surface area contributed by atoms with Gasteiger partial charge in [-0.3, -0.25) is 4.90 Å². The predicted octanol–water partition coefficient (Wildman–Crippen LogP) is 3.32. The van der Waals surface area contributed by atoms with Crippen molar-refractivity contribution in [2.75, 3.05) is 13.1 Å². The number of hydrogen-bond donors (Lipinski definition) is 1. The van der Waals surface area contributed by atoms with Crippen molar-refractivity contribution < 1.29 is 8.78 Å². The molecule has 1 saturated heterocycles. The molecule has 0 aromatic heterocycles. The molecule has 1 aliphatic rings. The lowest BCUT2D eigenvalue weighted by Gasteiger charge is -2.46. The molecule has 0 aliphatic carbocycles. The van der Waals surface area contributed by atoms with E-state index < -0.39 is 11.6 Å². The number of benzene rings is 1. The summed E-state index contributed by atoms with van der Waals surface area (Å²) in [5.74, 6) is -0.997. The molecule has 2 rings (SSSR count). The Bertz CT molecular complexity index is 444. The summed E-state index contributed by atoms with van der Waals surface area (Å²) >= 11 is 0. The first kappa shape index (κ1) is 15.4. The molecule has 0 amide bonds. The van der Waals surface area contributed by atoms with Crippen LogP contribution in [0.25, 0.3) is 0 Å². The van der Waals surface area contributed by atoms with E-state index in [0.29, 0.717) is 18.2 Å². The standard InChI is InChI=1S/C16H24F2N2/c1-4-15-9-19-16(3,5-2)11-20(15)10-12-6-13(17)8-14(18)7-12/h6-8,15,19H,4-5,9-11H2,1-3H3. The summed E-state index contributed by atoms with van der Waals surface area (Å²) in [5, 5.41) is 3.59. The predicted molar refractivity (Wildman–Crippen MR) is 77.5 cm³/mol. The van der Waals surface area contributed by atoms with Gasteiger partial charge < -0.3 is 5.32 Å². The van der Waals surface area contributed by atoms with Gasteiger partial charge in [-0.15, -0.1) is 0 Å². The van der Waals surface area contributed by atoms with Crippen molar-refractivity contribution in [3.63, 3.8) is 0 Å². The third-order valence-corrected chi connectivity index (χ3v) is 4.39. The molecule has 1 aliphatic heterocycles. The summed E-state index contributed by atoms with van der Waals surface area (Å²) in [4.78, 5) is 2.34. The average Bonchev–Trinajstić information content (AvgIpc) is 2.38. The first-order valence-electron chi connectivity index (χ1n) is 7.40. The fourth-order valence-corrected chi connectivity index (χ4v) is 2.89. The van der Waals surface area contributed by atoms with Gasteiger partial charge in [-0.2, -0.15) is 0 Å². The van der Waals surface area contributed by atoms with Gasteiger partial charge >= 0.3 is 0 Å². The molecular formula is C16H24F2N2. The molecule has 2 atom stereocenters. The first-order valence-corrected chi connectivity index (χ1v) is 7.40. The van der Waals surface area contributed by atoms with Gasteiger partial charge in [0.1, 0.15) is 11.6 Å². The second-order valence-electron chi connectivity index (χ2n) is 6.04. The summed E-state index contributed by atoms with van der Waals surface area (Å²) in [6.45, 7) is 8.96. The molecule has 20 heavy (non-hydrogen) atoms. The lowest BCUT2D eigenvalue weighted by molar-refractivity contribution is 0.0753. The maximum Gasteiger partial charge on any atom is 0.126 e. The highest BCUT2D eigenvalue weighted by molar-refractivity contribution is 5.18. The second-order valence-corrected chi connectivity index (χ2v) is 6.04. The van der Waals surface area contributed by atoms with E-state index in [1.165, 1.54) is 12.1 Å². The second kappa shape index (κ2) is 6.19. The average molecular weight is 282 g/mol. The molecule has 0 spiro atoms. The summed E-state index contributed by atoms with van der Waals surface area (Å²) < 4.78 is 26.6. The third kappa shape index (κ3) is 3.55. The lowest BCUT2D eigenvalue weighted by atomic mass is 9.92. The lowest BCUT2D eigenvalue weighted by Crippen LogP contribution is -2.62. The van der Waals surface area contributed by atoms with Crippen LogP contribution in [0.3, 0.4) is 0 Å². The smallest absolute Gasteiger partial charge is 0.126 e. The molecule has 1 aromatic carbocycles. The minimum absolute atomic E-state index is 0.0809.